The molecule has 0 aromatic heterocycles. The highest BCUT2D eigenvalue weighted by atomic mass is 35.5. The minimum Gasteiger partial charge on any atom is -0.341 e. The van der Waals surface area contributed by atoms with Gasteiger partial charge in [0.2, 0.25) is 0 Å². The molecule has 0 atom stereocenters. The van der Waals surface area contributed by atoms with Gasteiger partial charge in [-0.3, -0.25) is 4.79 Å². The largest absolute Gasteiger partial charge is 0.341 e. The predicted octanol–water partition coefficient (Wildman–Crippen LogP) is 2.92. The minimum atomic E-state index is -0.381. The molecular weight excluding hydrogens is 241 g/mol. The Labute approximate surface area is 105 Å². The van der Waals surface area contributed by atoms with Crippen molar-refractivity contribution in [3.8, 4) is 0 Å². The van der Waals surface area contributed by atoms with Gasteiger partial charge in [0, 0.05) is 24.5 Å². The molecule has 92 valence electrons. The summed E-state index contributed by atoms with van der Waals surface area (Å²) in [5, 5.41) is 0.262. The predicted molar refractivity (Wildman–Crippen MR) is 65.7 cm³/mol. The number of hydrogen-bond acceptors (Lipinski definition) is 1. The smallest absolute Gasteiger partial charge is 0.253 e. The molecule has 0 heterocycles. The van der Waals surface area contributed by atoms with Crippen LogP contribution in [0.15, 0.2) is 24.3 Å². The second-order valence-corrected chi connectivity index (χ2v) is 5.25. The lowest BCUT2D eigenvalue weighted by Gasteiger charge is -2.34. The third-order valence-corrected chi connectivity index (χ3v) is 3.48. The van der Waals surface area contributed by atoms with Gasteiger partial charge in [0.25, 0.3) is 5.91 Å². The van der Waals surface area contributed by atoms with Crippen LogP contribution in [0, 0.1) is 11.7 Å². The van der Waals surface area contributed by atoms with Crippen molar-refractivity contribution in [3.05, 3.63) is 35.6 Å². The van der Waals surface area contributed by atoms with Crippen LogP contribution in [-0.4, -0.2) is 29.8 Å². The highest BCUT2D eigenvalue weighted by Crippen LogP contribution is 2.32. The van der Waals surface area contributed by atoms with Crippen LogP contribution in [0.4, 0.5) is 4.39 Å². The summed E-state index contributed by atoms with van der Waals surface area (Å²) in [4.78, 5) is 13.6. The fourth-order valence-corrected chi connectivity index (χ4v) is 2.62. The summed E-state index contributed by atoms with van der Waals surface area (Å²) in [5.41, 5.74) is 0.397. The molecule has 2 rings (SSSR count). The van der Waals surface area contributed by atoms with Crippen molar-refractivity contribution in [3.63, 3.8) is 0 Å². The zero-order valence-electron chi connectivity index (χ0n) is 9.70. The Morgan fingerprint density at radius 1 is 1.53 bits per heavy atom. The Hall–Kier alpha value is -1.09. The lowest BCUT2D eigenvalue weighted by Crippen LogP contribution is -2.37. The molecule has 0 aliphatic heterocycles. The Morgan fingerprint density at radius 2 is 2.24 bits per heavy atom. The Bertz CT molecular complexity index is 418. The van der Waals surface area contributed by atoms with E-state index in [0.29, 0.717) is 18.0 Å². The highest BCUT2D eigenvalue weighted by molar-refractivity contribution is 6.21. The van der Waals surface area contributed by atoms with Crippen molar-refractivity contribution < 1.29 is 9.18 Å². The third kappa shape index (κ3) is 2.97. The Morgan fingerprint density at radius 3 is 2.82 bits per heavy atom. The van der Waals surface area contributed by atoms with Crippen molar-refractivity contribution in [2.75, 3.05) is 13.6 Å². The van der Waals surface area contributed by atoms with E-state index in [1.807, 2.05) is 0 Å². The number of carbonyl (C=O) groups excluding carboxylic acids is 1. The molecule has 1 saturated carbocycles. The second kappa shape index (κ2) is 5.05. The van der Waals surface area contributed by atoms with Crippen LogP contribution in [0.5, 0.6) is 0 Å². The van der Waals surface area contributed by atoms with Gasteiger partial charge in [-0.05, 0) is 37.0 Å². The van der Waals surface area contributed by atoms with Crippen LogP contribution in [0.25, 0.3) is 0 Å². The number of halogens is 2. The quantitative estimate of drug-likeness (QED) is 0.761. The fraction of sp³-hybridized carbons (Fsp3) is 0.462. The van der Waals surface area contributed by atoms with Crippen LogP contribution in [0.1, 0.15) is 23.2 Å². The molecule has 17 heavy (non-hydrogen) atoms. The molecule has 0 radical (unpaired) electrons. The van der Waals surface area contributed by atoms with E-state index in [1.54, 1.807) is 24.1 Å². The monoisotopic (exact) mass is 255 g/mol. The van der Waals surface area contributed by atoms with E-state index in [-0.39, 0.29) is 17.1 Å². The molecule has 0 saturated heterocycles. The number of hydrogen-bond donors (Lipinski definition) is 0. The zero-order valence-corrected chi connectivity index (χ0v) is 10.5. The molecule has 0 N–H and O–H groups in total. The zero-order chi connectivity index (χ0) is 12.4. The molecule has 0 unspecified atom stereocenters. The minimum absolute atomic E-state index is 0.137. The summed E-state index contributed by atoms with van der Waals surface area (Å²) in [5.74, 6) is -0.0313. The molecule has 1 amide bonds. The van der Waals surface area contributed by atoms with Crippen LogP contribution in [0.3, 0.4) is 0 Å². The van der Waals surface area contributed by atoms with Gasteiger partial charge in [0.15, 0.2) is 0 Å². The van der Waals surface area contributed by atoms with Crippen molar-refractivity contribution in [2.45, 2.75) is 18.2 Å². The third-order valence-electron chi connectivity index (χ3n) is 3.13. The van der Waals surface area contributed by atoms with E-state index >= 15 is 0 Å². The molecule has 1 aliphatic carbocycles. The normalized spacial score (nSPS) is 23.0. The summed E-state index contributed by atoms with van der Waals surface area (Å²) < 4.78 is 13.0. The first-order chi connectivity index (χ1) is 8.06. The number of rotatable bonds is 3. The standard InChI is InChI=1S/C13H15ClFNO/c1-16(8-9-5-11(14)6-9)13(17)10-3-2-4-12(15)7-10/h2-4,7,9,11H,5-6,8H2,1H3. The lowest BCUT2D eigenvalue weighted by molar-refractivity contribution is 0.0746. The van der Waals surface area contributed by atoms with Gasteiger partial charge < -0.3 is 4.90 Å². The van der Waals surface area contributed by atoms with Crippen molar-refractivity contribution in [1.82, 2.24) is 4.90 Å². The molecule has 1 aromatic carbocycles. The topological polar surface area (TPSA) is 20.3 Å². The molecule has 0 bridgehead atoms. The van der Waals surface area contributed by atoms with Gasteiger partial charge in [-0.2, -0.15) is 0 Å². The molecule has 1 fully saturated rings. The molecule has 1 aromatic rings. The lowest BCUT2D eigenvalue weighted by atomic mass is 9.84. The maximum atomic E-state index is 13.0. The van der Waals surface area contributed by atoms with E-state index in [0.717, 1.165) is 12.8 Å². The number of amides is 1. The van der Waals surface area contributed by atoms with E-state index in [1.165, 1.54) is 12.1 Å². The average molecular weight is 256 g/mol. The Kier molecular flexibility index (Phi) is 3.67. The second-order valence-electron chi connectivity index (χ2n) is 4.63. The first kappa shape index (κ1) is 12.4. The van der Waals surface area contributed by atoms with Crippen LogP contribution in [0.2, 0.25) is 0 Å². The molecule has 1 aliphatic rings. The number of nitrogens with zero attached hydrogens (tertiary/aromatic N) is 1. The van der Waals surface area contributed by atoms with Gasteiger partial charge in [-0.25, -0.2) is 4.39 Å². The van der Waals surface area contributed by atoms with E-state index in [2.05, 4.69) is 0 Å². The van der Waals surface area contributed by atoms with Gasteiger partial charge in [-0.1, -0.05) is 6.07 Å². The highest BCUT2D eigenvalue weighted by Gasteiger charge is 2.29. The van der Waals surface area contributed by atoms with Crippen LogP contribution < -0.4 is 0 Å². The van der Waals surface area contributed by atoms with Gasteiger partial charge >= 0.3 is 0 Å². The summed E-state index contributed by atoms with van der Waals surface area (Å²) in [7, 11) is 1.74. The fourth-order valence-electron chi connectivity index (χ4n) is 2.12. The van der Waals surface area contributed by atoms with Gasteiger partial charge in [0.1, 0.15) is 5.82 Å². The van der Waals surface area contributed by atoms with Gasteiger partial charge in [0.05, 0.1) is 0 Å². The Balaban J connectivity index is 1.95. The van der Waals surface area contributed by atoms with E-state index in [9.17, 15) is 9.18 Å². The van der Waals surface area contributed by atoms with Gasteiger partial charge in [-0.15, -0.1) is 11.6 Å². The number of benzene rings is 1. The van der Waals surface area contributed by atoms with Crippen molar-refractivity contribution >= 4 is 17.5 Å². The average Bonchev–Trinajstić information content (AvgIpc) is 2.26. The number of carbonyl (C=O) groups is 1. The summed E-state index contributed by atoms with van der Waals surface area (Å²) in [6.45, 7) is 0.693. The van der Waals surface area contributed by atoms with E-state index in [4.69, 9.17) is 11.6 Å². The molecular formula is C13H15ClFNO. The summed E-state index contributed by atoms with van der Waals surface area (Å²) >= 11 is 5.89. The molecule has 2 nitrogen and oxygen atoms in total. The summed E-state index contributed by atoms with van der Waals surface area (Å²) in [6, 6.07) is 5.78. The maximum Gasteiger partial charge on any atom is 0.253 e. The first-order valence-electron chi connectivity index (χ1n) is 5.71. The molecule has 4 heteroatoms. The van der Waals surface area contributed by atoms with Crippen molar-refractivity contribution in [2.24, 2.45) is 5.92 Å². The maximum absolute atomic E-state index is 13.0. The molecule has 0 spiro atoms. The van der Waals surface area contributed by atoms with Crippen molar-refractivity contribution in [1.29, 1.82) is 0 Å². The summed E-state index contributed by atoms with van der Waals surface area (Å²) in [6.07, 6.45) is 1.92. The van der Waals surface area contributed by atoms with Crippen LogP contribution in [-0.2, 0) is 0 Å². The van der Waals surface area contributed by atoms with Crippen LogP contribution >= 0.6 is 11.6 Å². The van der Waals surface area contributed by atoms with E-state index < -0.39 is 0 Å². The number of alkyl halides is 1. The first-order valence-corrected chi connectivity index (χ1v) is 6.15. The SMILES string of the molecule is CN(CC1CC(Cl)C1)C(=O)c1cccc(F)c1.